The summed E-state index contributed by atoms with van der Waals surface area (Å²) in [6.45, 7) is 0. The molecule has 2 aromatic rings. The standard InChI is InChI=1S/C12H8Cl2O3S/c13-10-7-4-8-11(14)12(10)18(15,16)17-9-5-2-1-3-6-9/h1-8H. The molecule has 6 heteroatoms. The van der Waals surface area contributed by atoms with Gasteiger partial charge >= 0.3 is 10.1 Å². The molecule has 0 radical (unpaired) electrons. The van der Waals surface area contributed by atoms with Gasteiger partial charge < -0.3 is 4.18 Å². The van der Waals surface area contributed by atoms with Crippen LogP contribution in [0.3, 0.4) is 0 Å². The first-order valence-corrected chi connectivity index (χ1v) is 7.11. The Hall–Kier alpha value is -1.23. The van der Waals surface area contributed by atoms with Crippen molar-refractivity contribution in [1.82, 2.24) is 0 Å². The molecule has 18 heavy (non-hydrogen) atoms. The molecule has 0 amide bonds. The van der Waals surface area contributed by atoms with Crippen molar-refractivity contribution in [3.63, 3.8) is 0 Å². The van der Waals surface area contributed by atoms with Gasteiger partial charge in [0.15, 0.2) is 0 Å². The van der Waals surface area contributed by atoms with Crippen molar-refractivity contribution in [2.24, 2.45) is 0 Å². The van der Waals surface area contributed by atoms with Gasteiger partial charge in [-0.25, -0.2) is 0 Å². The molecule has 0 saturated carbocycles. The third-order valence-corrected chi connectivity index (χ3v) is 4.32. The third-order valence-electron chi connectivity index (χ3n) is 2.12. The number of rotatable bonds is 3. The van der Waals surface area contributed by atoms with Gasteiger partial charge in [0.05, 0.1) is 10.0 Å². The maximum absolute atomic E-state index is 12.1. The van der Waals surface area contributed by atoms with Gasteiger partial charge in [-0.15, -0.1) is 0 Å². The quantitative estimate of drug-likeness (QED) is 0.811. The lowest BCUT2D eigenvalue weighted by Crippen LogP contribution is -2.10. The van der Waals surface area contributed by atoms with Gasteiger partial charge in [-0.05, 0) is 24.3 Å². The van der Waals surface area contributed by atoms with E-state index in [1.54, 1.807) is 24.3 Å². The van der Waals surface area contributed by atoms with Gasteiger partial charge in [-0.3, -0.25) is 0 Å². The van der Waals surface area contributed by atoms with Crippen molar-refractivity contribution in [3.8, 4) is 5.75 Å². The van der Waals surface area contributed by atoms with E-state index in [2.05, 4.69) is 0 Å². The van der Waals surface area contributed by atoms with Crippen LogP contribution in [-0.4, -0.2) is 8.42 Å². The molecule has 94 valence electrons. The van der Waals surface area contributed by atoms with E-state index >= 15 is 0 Å². The molecule has 0 bridgehead atoms. The maximum atomic E-state index is 12.1. The molecule has 0 aliphatic rings. The van der Waals surface area contributed by atoms with Crippen LogP contribution in [0.25, 0.3) is 0 Å². The second-order valence-corrected chi connectivity index (χ2v) is 5.70. The molecular weight excluding hydrogens is 295 g/mol. The van der Waals surface area contributed by atoms with E-state index in [4.69, 9.17) is 27.4 Å². The average Bonchev–Trinajstić information content (AvgIpc) is 2.28. The Morgan fingerprint density at radius 1 is 0.833 bits per heavy atom. The minimum absolute atomic E-state index is 0.0263. The fraction of sp³-hybridized carbons (Fsp3) is 0. The number of hydrogen-bond donors (Lipinski definition) is 0. The first-order chi connectivity index (χ1) is 8.50. The summed E-state index contributed by atoms with van der Waals surface area (Å²) >= 11 is 11.7. The zero-order chi connectivity index (χ0) is 13.2. The normalized spacial score (nSPS) is 11.2. The highest BCUT2D eigenvalue weighted by molar-refractivity contribution is 7.87. The average molecular weight is 303 g/mol. The number of hydrogen-bond acceptors (Lipinski definition) is 3. The minimum atomic E-state index is -4.04. The van der Waals surface area contributed by atoms with E-state index < -0.39 is 10.1 Å². The summed E-state index contributed by atoms with van der Waals surface area (Å²) in [5.74, 6) is 0.202. The Balaban J connectivity index is 2.44. The number of para-hydroxylation sites is 1. The zero-order valence-electron chi connectivity index (χ0n) is 9.01. The molecule has 0 aromatic heterocycles. The lowest BCUT2D eigenvalue weighted by atomic mass is 10.3. The van der Waals surface area contributed by atoms with Gasteiger partial charge in [0.25, 0.3) is 0 Å². The van der Waals surface area contributed by atoms with Gasteiger partial charge in [0.1, 0.15) is 10.6 Å². The summed E-state index contributed by atoms with van der Waals surface area (Å²) in [4.78, 5) is -0.225. The molecule has 3 nitrogen and oxygen atoms in total. The van der Waals surface area contributed by atoms with Crippen LogP contribution in [0.5, 0.6) is 5.75 Å². The first kappa shape index (κ1) is 13.2. The van der Waals surface area contributed by atoms with E-state index in [0.717, 1.165) is 0 Å². The van der Waals surface area contributed by atoms with Crippen LogP contribution in [-0.2, 0) is 10.1 Å². The topological polar surface area (TPSA) is 43.4 Å². The predicted octanol–water partition coefficient (Wildman–Crippen LogP) is 3.76. The summed E-state index contributed by atoms with van der Waals surface area (Å²) in [6, 6.07) is 12.6. The molecule has 2 rings (SSSR count). The Labute approximate surface area is 115 Å². The third kappa shape index (κ3) is 2.77. The molecular formula is C12H8Cl2O3S. The van der Waals surface area contributed by atoms with Gasteiger partial charge in [0.2, 0.25) is 0 Å². The SMILES string of the molecule is O=S(=O)(Oc1ccccc1)c1c(Cl)cccc1Cl. The largest absolute Gasteiger partial charge is 0.379 e. The first-order valence-electron chi connectivity index (χ1n) is 4.94. The molecule has 0 saturated heterocycles. The molecule has 0 fully saturated rings. The summed E-state index contributed by atoms with van der Waals surface area (Å²) in [5.41, 5.74) is 0. The van der Waals surface area contributed by atoms with E-state index in [1.807, 2.05) is 0 Å². The second kappa shape index (κ2) is 5.18. The highest BCUT2D eigenvalue weighted by Crippen LogP contribution is 2.31. The van der Waals surface area contributed by atoms with Gasteiger partial charge in [-0.2, -0.15) is 8.42 Å². The lowest BCUT2D eigenvalue weighted by molar-refractivity contribution is 0.486. The van der Waals surface area contributed by atoms with Crippen LogP contribution in [0.2, 0.25) is 10.0 Å². The number of halogens is 2. The predicted molar refractivity (Wildman–Crippen MR) is 70.7 cm³/mol. The molecule has 2 aromatic carbocycles. The van der Waals surface area contributed by atoms with Crippen molar-refractivity contribution in [2.75, 3.05) is 0 Å². The molecule has 0 N–H and O–H groups in total. The van der Waals surface area contributed by atoms with Crippen LogP contribution in [0, 0.1) is 0 Å². The van der Waals surface area contributed by atoms with Crippen LogP contribution in [0.4, 0.5) is 0 Å². The molecule has 0 heterocycles. The van der Waals surface area contributed by atoms with Crippen LogP contribution in [0.1, 0.15) is 0 Å². The molecule has 0 unspecified atom stereocenters. The van der Waals surface area contributed by atoms with Gasteiger partial charge in [0, 0.05) is 0 Å². The number of benzene rings is 2. The minimum Gasteiger partial charge on any atom is -0.379 e. The van der Waals surface area contributed by atoms with Crippen LogP contribution >= 0.6 is 23.2 Å². The van der Waals surface area contributed by atoms with Crippen molar-refractivity contribution in [2.45, 2.75) is 4.90 Å². The second-order valence-electron chi connectivity index (χ2n) is 3.40. The fourth-order valence-electron chi connectivity index (χ4n) is 1.37. The summed E-state index contributed by atoms with van der Waals surface area (Å²) in [5, 5.41) is 0.0527. The lowest BCUT2D eigenvalue weighted by Gasteiger charge is -2.09. The zero-order valence-corrected chi connectivity index (χ0v) is 11.3. The van der Waals surface area contributed by atoms with Crippen molar-refractivity contribution in [3.05, 3.63) is 58.6 Å². The summed E-state index contributed by atoms with van der Waals surface area (Å²) in [6.07, 6.45) is 0. The van der Waals surface area contributed by atoms with E-state index in [1.165, 1.54) is 24.3 Å². The van der Waals surface area contributed by atoms with E-state index in [0.29, 0.717) is 0 Å². The monoisotopic (exact) mass is 302 g/mol. The summed E-state index contributed by atoms with van der Waals surface area (Å²) < 4.78 is 29.1. The maximum Gasteiger partial charge on any atom is 0.342 e. The van der Waals surface area contributed by atoms with Crippen molar-refractivity contribution >= 4 is 33.3 Å². The van der Waals surface area contributed by atoms with E-state index in [9.17, 15) is 8.42 Å². The van der Waals surface area contributed by atoms with Crippen LogP contribution in [0.15, 0.2) is 53.4 Å². The Morgan fingerprint density at radius 3 is 1.94 bits per heavy atom. The summed E-state index contributed by atoms with van der Waals surface area (Å²) in [7, 11) is -4.04. The van der Waals surface area contributed by atoms with E-state index in [-0.39, 0.29) is 20.7 Å². The van der Waals surface area contributed by atoms with Gasteiger partial charge in [-0.1, -0.05) is 47.5 Å². The molecule has 0 aliphatic carbocycles. The molecule has 0 aliphatic heterocycles. The Kier molecular flexibility index (Phi) is 3.80. The van der Waals surface area contributed by atoms with Crippen molar-refractivity contribution in [1.29, 1.82) is 0 Å². The smallest absolute Gasteiger partial charge is 0.342 e. The van der Waals surface area contributed by atoms with Crippen LogP contribution < -0.4 is 4.18 Å². The van der Waals surface area contributed by atoms with Crippen molar-refractivity contribution < 1.29 is 12.6 Å². The highest BCUT2D eigenvalue weighted by Gasteiger charge is 2.23. The Bertz CT molecular complexity index is 634. The Morgan fingerprint density at radius 2 is 1.39 bits per heavy atom. The fourth-order valence-corrected chi connectivity index (χ4v) is 3.39. The highest BCUT2D eigenvalue weighted by atomic mass is 35.5. The molecule has 0 spiro atoms. The molecule has 0 atom stereocenters.